The highest BCUT2D eigenvalue weighted by atomic mass is 16.5. The number of amides is 2. The predicted molar refractivity (Wildman–Crippen MR) is 133 cm³/mol. The first-order valence-electron chi connectivity index (χ1n) is 12.4. The molecule has 1 N–H and O–H groups in total. The van der Waals surface area contributed by atoms with Crippen LogP contribution in [0.3, 0.4) is 0 Å². The zero-order valence-corrected chi connectivity index (χ0v) is 20.4. The molecule has 0 aliphatic carbocycles. The van der Waals surface area contributed by atoms with Gasteiger partial charge < -0.3 is 19.9 Å². The summed E-state index contributed by atoms with van der Waals surface area (Å²) in [7, 11) is 1.81. The van der Waals surface area contributed by atoms with Gasteiger partial charge in [0.25, 0.3) is 11.8 Å². The molecule has 1 fully saturated rings. The second-order valence-corrected chi connectivity index (χ2v) is 9.19. The van der Waals surface area contributed by atoms with Gasteiger partial charge in [0, 0.05) is 70.5 Å². The number of piperazine rings is 1. The molecule has 7 heteroatoms. The fourth-order valence-corrected chi connectivity index (χ4v) is 4.52. The van der Waals surface area contributed by atoms with E-state index >= 15 is 0 Å². The minimum atomic E-state index is -0.0526. The standard InChI is InChI=1S/C27H36N4O3/c1-3-4-12-29(2)26(32)21-6-5-7-22(17-21)27(33)31-19-23-8-9-25(18-24(23)20-31)34-16-15-30-13-10-28-11-14-30/h5-9,17-18,28H,3-4,10-16,19-20H2,1-2H3. The molecule has 34 heavy (non-hydrogen) atoms. The molecule has 0 saturated carbocycles. The zero-order valence-electron chi connectivity index (χ0n) is 20.4. The van der Waals surface area contributed by atoms with E-state index in [-0.39, 0.29) is 11.8 Å². The number of carbonyl (C=O) groups excluding carboxylic acids is 2. The number of benzene rings is 2. The Balaban J connectivity index is 1.34. The molecule has 4 rings (SSSR count). The number of fused-ring (bicyclic) bond motifs is 1. The third-order valence-corrected chi connectivity index (χ3v) is 6.62. The number of nitrogens with one attached hydrogen (secondary N) is 1. The van der Waals surface area contributed by atoms with Crippen molar-refractivity contribution >= 4 is 11.8 Å². The van der Waals surface area contributed by atoms with E-state index in [1.807, 2.05) is 18.0 Å². The molecule has 0 atom stereocenters. The molecule has 0 aromatic heterocycles. The first kappa shape index (κ1) is 24.2. The maximum absolute atomic E-state index is 13.2. The van der Waals surface area contributed by atoms with Crippen molar-refractivity contribution in [3.8, 4) is 5.75 Å². The Morgan fingerprint density at radius 1 is 1.03 bits per heavy atom. The summed E-state index contributed by atoms with van der Waals surface area (Å²) in [5.74, 6) is 0.754. The highest BCUT2D eigenvalue weighted by Crippen LogP contribution is 2.28. The Bertz CT molecular complexity index is 1000. The lowest BCUT2D eigenvalue weighted by Crippen LogP contribution is -2.44. The molecule has 0 spiro atoms. The molecule has 2 aromatic rings. The van der Waals surface area contributed by atoms with Crippen LogP contribution < -0.4 is 10.1 Å². The number of hydrogen-bond donors (Lipinski definition) is 1. The maximum Gasteiger partial charge on any atom is 0.254 e. The third-order valence-electron chi connectivity index (χ3n) is 6.62. The van der Waals surface area contributed by atoms with Crippen molar-refractivity contribution < 1.29 is 14.3 Å². The van der Waals surface area contributed by atoms with E-state index in [1.54, 1.807) is 29.2 Å². The van der Waals surface area contributed by atoms with Crippen LogP contribution in [0.1, 0.15) is 51.6 Å². The fourth-order valence-electron chi connectivity index (χ4n) is 4.52. The molecule has 0 unspecified atom stereocenters. The molecule has 0 bridgehead atoms. The largest absolute Gasteiger partial charge is 0.492 e. The smallest absolute Gasteiger partial charge is 0.254 e. The highest BCUT2D eigenvalue weighted by Gasteiger charge is 2.25. The number of carbonyl (C=O) groups is 2. The molecular formula is C27H36N4O3. The Morgan fingerprint density at radius 3 is 2.59 bits per heavy atom. The Morgan fingerprint density at radius 2 is 1.79 bits per heavy atom. The average molecular weight is 465 g/mol. The highest BCUT2D eigenvalue weighted by molar-refractivity contribution is 5.99. The normalized spacial score (nSPS) is 15.8. The van der Waals surface area contributed by atoms with E-state index in [2.05, 4.69) is 29.3 Å². The minimum Gasteiger partial charge on any atom is -0.492 e. The fraction of sp³-hybridized carbons (Fsp3) is 0.481. The van der Waals surface area contributed by atoms with Crippen LogP contribution in [-0.4, -0.2) is 79.4 Å². The summed E-state index contributed by atoms with van der Waals surface area (Å²) >= 11 is 0. The van der Waals surface area contributed by atoms with Crippen molar-refractivity contribution in [3.05, 3.63) is 64.7 Å². The molecule has 7 nitrogen and oxygen atoms in total. The van der Waals surface area contributed by atoms with Crippen molar-refractivity contribution in [3.63, 3.8) is 0 Å². The van der Waals surface area contributed by atoms with E-state index in [1.165, 1.54) is 0 Å². The molecule has 2 amide bonds. The molecule has 2 aliphatic heterocycles. The number of ether oxygens (including phenoxy) is 1. The Kier molecular flexibility index (Phi) is 8.19. The van der Waals surface area contributed by atoms with Crippen molar-refractivity contribution in [1.29, 1.82) is 0 Å². The summed E-state index contributed by atoms with van der Waals surface area (Å²) in [6.07, 6.45) is 2.00. The summed E-state index contributed by atoms with van der Waals surface area (Å²) in [5, 5.41) is 3.36. The number of rotatable bonds is 9. The molecular weight excluding hydrogens is 428 g/mol. The predicted octanol–water partition coefficient (Wildman–Crippen LogP) is 3.00. The quantitative estimate of drug-likeness (QED) is 0.618. The van der Waals surface area contributed by atoms with Crippen molar-refractivity contribution in [1.82, 2.24) is 20.0 Å². The summed E-state index contributed by atoms with van der Waals surface area (Å²) in [5.41, 5.74) is 3.38. The third kappa shape index (κ3) is 5.96. The van der Waals surface area contributed by atoms with Crippen LogP contribution in [-0.2, 0) is 13.1 Å². The van der Waals surface area contributed by atoms with Crippen LogP contribution in [0.25, 0.3) is 0 Å². The van der Waals surface area contributed by atoms with Crippen molar-refractivity contribution in [2.75, 3.05) is 52.9 Å². The molecule has 0 radical (unpaired) electrons. The van der Waals surface area contributed by atoms with E-state index in [4.69, 9.17) is 4.74 Å². The van der Waals surface area contributed by atoms with Gasteiger partial charge in [-0.2, -0.15) is 0 Å². The van der Waals surface area contributed by atoms with Gasteiger partial charge in [-0.15, -0.1) is 0 Å². The topological polar surface area (TPSA) is 65.1 Å². The van der Waals surface area contributed by atoms with Crippen LogP contribution in [0, 0.1) is 0 Å². The zero-order chi connectivity index (χ0) is 23.9. The van der Waals surface area contributed by atoms with Gasteiger partial charge in [-0.25, -0.2) is 0 Å². The van der Waals surface area contributed by atoms with Gasteiger partial charge in [-0.3, -0.25) is 14.5 Å². The van der Waals surface area contributed by atoms with Gasteiger partial charge >= 0.3 is 0 Å². The van der Waals surface area contributed by atoms with Crippen LogP contribution in [0.2, 0.25) is 0 Å². The maximum atomic E-state index is 13.2. The van der Waals surface area contributed by atoms with Gasteiger partial charge in [-0.05, 0) is 47.9 Å². The lowest BCUT2D eigenvalue weighted by Gasteiger charge is -2.26. The van der Waals surface area contributed by atoms with Gasteiger partial charge in [0.1, 0.15) is 12.4 Å². The van der Waals surface area contributed by atoms with E-state index in [9.17, 15) is 9.59 Å². The lowest BCUT2D eigenvalue weighted by molar-refractivity contribution is 0.0751. The molecule has 2 heterocycles. The first-order valence-corrected chi connectivity index (χ1v) is 12.4. The second kappa shape index (κ2) is 11.5. The summed E-state index contributed by atoms with van der Waals surface area (Å²) in [4.78, 5) is 31.9. The van der Waals surface area contributed by atoms with Crippen LogP contribution >= 0.6 is 0 Å². The van der Waals surface area contributed by atoms with Gasteiger partial charge in [0.15, 0.2) is 0 Å². The monoisotopic (exact) mass is 464 g/mol. The van der Waals surface area contributed by atoms with Crippen LogP contribution in [0.4, 0.5) is 0 Å². The number of hydrogen-bond acceptors (Lipinski definition) is 5. The SMILES string of the molecule is CCCCN(C)C(=O)c1cccc(C(=O)N2Cc3ccc(OCCN4CCNCC4)cc3C2)c1. The first-order chi connectivity index (χ1) is 16.5. The van der Waals surface area contributed by atoms with E-state index in [0.29, 0.717) is 37.4 Å². The second-order valence-electron chi connectivity index (χ2n) is 9.19. The summed E-state index contributed by atoms with van der Waals surface area (Å²) in [6.45, 7) is 9.73. The molecule has 1 saturated heterocycles. The lowest BCUT2D eigenvalue weighted by atomic mass is 10.1. The van der Waals surface area contributed by atoms with Crippen LogP contribution in [0.15, 0.2) is 42.5 Å². The van der Waals surface area contributed by atoms with Crippen LogP contribution in [0.5, 0.6) is 5.75 Å². The minimum absolute atomic E-state index is 0.0459. The summed E-state index contributed by atoms with van der Waals surface area (Å²) < 4.78 is 6.00. The number of nitrogens with zero attached hydrogens (tertiary/aromatic N) is 3. The molecule has 182 valence electrons. The van der Waals surface area contributed by atoms with Gasteiger partial charge in [0.2, 0.25) is 0 Å². The summed E-state index contributed by atoms with van der Waals surface area (Å²) in [6, 6.07) is 13.2. The Labute approximate surface area is 202 Å². The molecule has 2 aliphatic rings. The van der Waals surface area contributed by atoms with E-state index in [0.717, 1.165) is 62.4 Å². The van der Waals surface area contributed by atoms with Crippen molar-refractivity contribution in [2.45, 2.75) is 32.9 Å². The molecule has 2 aromatic carbocycles. The van der Waals surface area contributed by atoms with E-state index < -0.39 is 0 Å². The average Bonchev–Trinajstić information content (AvgIpc) is 3.30. The Hall–Kier alpha value is -2.90. The van der Waals surface area contributed by atoms with Crippen molar-refractivity contribution in [2.24, 2.45) is 0 Å². The van der Waals surface area contributed by atoms with Gasteiger partial charge in [0.05, 0.1) is 0 Å². The number of unbranched alkanes of at least 4 members (excludes halogenated alkanes) is 1. The van der Waals surface area contributed by atoms with Gasteiger partial charge in [-0.1, -0.05) is 25.5 Å².